The SMILES string of the molecule is COC1(Cn2nnnc2-c2cccc(N)c2Cl)CCOC1. The molecule has 112 valence electrons. The van der Waals surface area contributed by atoms with Gasteiger partial charge in [0, 0.05) is 25.7 Å². The quantitative estimate of drug-likeness (QED) is 0.858. The van der Waals surface area contributed by atoms with Crippen molar-refractivity contribution < 1.29 is 9.47 Å². The average molecular weight is 310 g/mol. The van der Waals surface area contributed by atoms with Gasteiger partial charge in [-0.1, -0.05) is 17.7 Å². The fourth-order valence-electron chi connectivity index (χ4n) is 2.44. The van der Waals surface area contributed by atoms with Crippen molar-refractivity contribution in [1.82, 2.24) is 20.2 Å². The van der Waals surface area contributed by atoms with Gasteiger partial charge in [0.15, 0.2) is 5.82 Å². The summed E-state index contributed by atoms with van der Waals surface area (Å²) in [5, 5.41) is 12.3. The van der Waals surface area contributed by atoms with Crippen LogP contribution in [-0.2, 0) is 16.0 Å². The fourth-order valence-corrected chi connectivity index (χ4v) is 2.65. The first kappa shape index (κ1) is 14.2. The topological polar surface area (TPSA) is 88.1 Å². The highest BCUT2D eigenvalue weighted by Gasteiger charge is 2.36. The summed E-state index contributed by atoms with van der Waals surface area (Å²) in [4.78, 5) is 0. The van der Waals surface area contributed by atoms with E-state index < -0.39 is 5.60 Å². The molecule has 0 aliphatic carbocycles. The minimum absolute atomic E-state index is 0.406. The largest absolute Gasteiger partial charge is 0.398 e. The van der Waals surface area contributed by atoms with Crippen LogP contribution in [0.4, 0.5) is 5.69 Å². The maximum absolute atomic E-state index is 6.25. The lowest BCUT2D eigenvalue weighted by Gasteiger charge is -2.25. The normalized spacial score (nSPS) is 21.8. The Labute approximate surface area is 127 Å². The van der Waals surface area contributed by atoms with Gasteiger partial charge in [-0.15, -0.1) is 5.10 Å². The molecule has 3 rings (SSSR count). The van der Waals surface area contributed by atoms with Gasteiger partial charge in [-0.25, -0.2) is 4.68 Å². The summed E-state index contributed by atoms with van der Waals surface area (Å²) in [6, 6.07) is 5.40. The monoisotopic (exact) mass is 309 g/mol. The van der Waals surface area contributed by atoms with Crippen LogP contribution >= 0.6 is 11.6 Å². The molecule has 2 heterocycles. The van der Waals surface area contributed by atoms with E-state index in [4.69, 9.17) is 26.8 Å². The van der Waals surface area contributed by atoms with Crippen molar-refractivity contribution in [3.63, 3.8) is 0 Å². The number of halogens is 1. The second kappa shape index (κ2) is 5.59. The van der Waals surface area contributed by atoms with Crippen LogP contribution in [0.1, 0.15) is 6.42 Å². The Morgan fingerprint density at radius 3 is 3.10 bits per heavy atom. The summed E-state index contributed by atoms with van der Waals surface area (Å²) in [5.74, 6) is 0.565. The number of benzene rings is 1. The van der Waals surface area contributed by atoms with Crippen molar-refractivity contribution in [1.29, 1.82) is 0 Å². The predicted molar refractivity (Wildman–Crippen MR) is 77.9 cm³/mol. The molecule has 0 spiro atoms. The Kier molecular flexibility index (Phi) is 3.79. The number of rotatable bonds is 4. The van der Waals surface area contributed by atoms with E-state index in [1.54, 1.807) is 17.9 Å². The molecule has 1 aliphatic rings. The maximum Gasteiger partial charge on any atom is 0.183 e. The number of nitrogens with two attached hydrogens (primary N) is 1. The minimum Gasteiger partial charge on any atom is -0.398 e. The number of nitrogen functional groups attached to an aromatic ring is 1. The molecule has 0 bridgehead atoms. The molecule has 1 unspecified atom stereocenters. The molecule has 2 aromatic rings. The molecule has 1 aliphatic heterocycles. The highest BCUT2D eigenvalue weighted by molar-refractivity contribution is 6.35. The van der Waals surface area contributed by atoms with Gasteiger partial charge in [0.1, 0.15) is 5.60 Å². The fraction of sp³-hybridized carbons (Fsp3) is 0.462. The highest BCUT2D eigenvalue weighted by atomic mass is 35.5. The molecule has 2 N–H and O–H groups in total. The molecule has 7 nitrogen and oxygen atoms in total. The second-order valence-corrected chi connectivity index (χ2v) is 5.44. The van der Waals surface area contributed by atoms with Crippen LogP contribution in [0.5, 0.6) is 0 Å². The first-order chi connectivity index (χ1) is 10.2. The third-order valence-corrected chi connectivity index (χ3v) is 4.16. The molecule has 0 amide bonds. The van der Waals surface area contributed by atoms with Gasteiger partial charge in [0.25, 0.3) is 0 Å². The minimum atomic E-state index is -0.406. The van der Waals surface area contributed by atoms with E-state index in [0.717, 1.165) is 6.42 Å². The van der Waals surface area contributed by atoms with E-state index in [0.29, 0.717) is 41.9 Å². The molecule has 21 heavy (non-hydrogen) atoms. The number of methoxy groups -OCH3 is 1. The van der Waals surface area contributed by atoms with Crippen molar-refractivity contribution >= 4 is 17.3 Å². The number of hydrogen-bond donors (Lipinski definition) is 1. The summed E-state index contributed by atoms with van der Waals surface area (Å²) >= 11 is 6.25. The lowest BCUT2D eigenvalue weighted by molar-refractivity contribution is -0.0317. The second-order valence-electron chi connectivity index (χ2n) is 5.06. The first-order valence-corrected chi connectivity index (χ1v) is 6.96. The molecule has 1 saturated heterocycles. The maximum atomic E-state index is 6.25. The van der Waals surface area contributed by atoms with E-state index >= 15 is 0 Å². The lowest BCUT2D eigenvalue weighted by Crippen LogP contribution is -2.37. The Bertz CT molecular complexity index is 639. The summed E-state index contributed by atoms with van der Waals surface area (Å²) in [5.41, 5.74) is 6.63. The Morgan fingerprint density at radius 2 is 2.38 bits per heavy atom. The zero-order valence-corrected chi connectivity index (χ0v) is 12.4. The Hall–Kier alpha value is -1.70. The summed E-state index contributed by atoms with van der Waals surface area (Å²) in [6.45, 7) is 1.69. The van der Waals surface area contributed by atoms with E-state index in [9.17, 15) is 0 Å². The van der Waals surface area contributed by atoms with E-state index in [-0.39, 0.29) is 0 Å². The van der Waals surface area contributed by atoms with E-state index in [1.807, 2.05) is 12.1 Å². The van der Waals surface area contributed by atoms with Crippen LogP contribution in [0.25, 0.3) is 11.4 Å². The molecular formula is C13H16ClN5O2. The average Bonchev–Trinajstić information content (AvgIpc) is 3.13. The number of tetrazole rings is 1. The smallest absolute Gasteiger partial charge is 0.183 e. The molecule has 0 radical (unpaired) electrons. The van der Waals surface area contributed by atoms with E-state index in [1.165, 1.54) is 0 Å². The third-order valence-electron chi connectivity index (χ3n) is 3.74. The number of ether oxygens (including phenoxy) is 2. The van der Waals surface area contributed by atoms with Gasteiger partial charge >= 0.3 is 0 Å². The lowest BCUT2D eigenvalue weighted by atomic mass is 10.0. The molecule has 1 atom stereocenters. The van der Waals surface area contributed by atoms with Gasteiger partial charge < -0.3 is 15.2 Å². The molecule has 8 heteroatoms. The molecular weight excluding hydrogens is 294 g/mol. The van der Waals surface area contributed by atoms with Crippen LogP contribution in [0.15, 0.2) is 18.2 Å². The van der Waals surface area contributed by atoms with Crippen molar-refractivity contribution in [2.24, 2.45) is 0 Å². The van der Waals surface area contributed by atoms with Crippen molar-refractivity contribution in [3.8, 4) is 11.4 Å². The van der Waals surface area contributed by atoms with Gasteiger partial charge in [-0.05, 0) is 22.6 Å². The van der Waals surface area contributed by atoms with Crippen LogP contribution in [0, 0.1) is 0 Å². The zero-order chi connectivity index (χ0) is 14.9. The molecule has 1 fully saturated rings. The summed E-state index contributed by atoms with van der Waals surface area (Å²) < 4.78 is 12.7. The van der Waals surface area contributed by atoms with Gasteiger partial charge in [-0.3, -0.25) is 0 Å². The van der Waals surface area contributed by atoms with Crippen LogP contribution < -0.4 is 5.73 Å². The zero-order valence-electron chi connectivity index (χ0n) is 11.6. The van der Waals surface area contributed by atoms with Crippen molar-refractivity contribution in [2.75, 3.05) is 26.1 Å². The highest BCUT2D eigenvalue weighted by Crippen LogP contribution is 2.32. The summed E-state index contributed by atoms with van der Waals surface area (Å²) in [6.07, 6.45) is 0.799. The number of aromatic nitrogens is 4. The Morgan fingerprint density at radius 1 is 1.52 bits per heavy atom. The van der Waals surface area contributed by atoms with Crippen molar-refractivity contribution in [2.45, 2.75) is 18.6 Å². The van der Waals surface area contributed by atoms with E-state index in [2.05, 4.69) is 15.5 Å². The Balaban J connectivity index is 1.96. The van der Waals surface area contributed by atoms with Gasteiger partial charge in [0.05, 0.1) is 23.9 Å². The molecule has 1 aromatic heterocycles. The molecule has 1 aromatic carbocycles. The third kappa shape index (κ3) is 2.59. The van der Waals surface area contributed by atoms with Crippen molar-refractivity contribution in [3.05, 3.63) is 23.2 Å². The standard InChI is InChI=1S/C13H16ClN5O2/c1-20-13(5-6-21-8-13)7-19-12(16-17-18-19)9-3-2-4-10(15)11(9)14/h2-4H,5-8,15H2,1H3. The number of hydrogen-bond acceptors (Lipinski definition) is 6. The van der Waals surface area contributed by atoms with Gasteiger partial charge in [0.2, 0.25) is 0 Å². The predicted octanol–water partition coefficient (Wildman–Crippen LogP) is 1.38. The van der Waals surface area contributed by atoms with Gasteiger partial charge in [-0.2, -0.15) is 0 Å². The number of nitrogens with zero attached hydrogens (tertiary/aromatic N) is 4. The van der Waals surface area contributed by atoms with Crippen LogP contribution in [0.3, 0.4) is 0 Å². The summed E-state index contributed by atoms with van der Waals surface area (Å²) in [7, 11) is 1.67. The van der Waals surface area contributed by atoms with Crippen LogP contribution in [-0.4, -0.2) is 46.1 Å². The molecule has 0 saturated carbocycles. The first-order valence-electron chi connectivity index (χ1n) is 6.59. The van der Waals surface area contributed by atoms with Crippen LogP contribution in [0.2, 0.25) is 5.02 Å². The number of anilines is 1.